The molecule has 0 unspecified atom stereocenters. The van der Waals surface area contributed by atoms with Gasteiger partial charge < -0.3 is 9.64 Å². The third-order valence-electron chi connectivity index (χ3n) is 3.97. The Labute approximate surface area is 159 Å². The molecule has 134 valence electrons. The van der Waals surface area contributed by atoms with Crippen LogP contribution >= 0.6 is 23.4 Å². The van der Waals surface area contributed by atoms with Gasteiger partial charge in [0.05, 0.1) is 17.0 Å². The molecule has 2 heterocycles. The van der Waals surface area contributed by atoms with Gasteiger partial charge in [-0.25, -0.2) is 13.2 Å². The molecule has 2 aliphatic rings. The summed E-state index contributed by atoms with van der Waals surface area (Å²) in [5.41, 5.74) is 2.06. The van der Waals surface area contributed by atoms with Crippen LogP contribution in [0.15, 0.2) is 51.8 Å². The number of fused-ring (bicyclic) bond motifs is 3. The topological polar surface area (TPSA) is 76.0 Å². The molecule has 0 N–H and O–H groups in total. The van der Waals surface area contributed by atoms with E-state index in [0.717, 1.165) is 16.1 Å². The minimum Gasteiger partial charge on any atom is -0.457 e. The minimum absolute atomic E-state index is 0.0140. The number of esters is 1. The van der Waals surface area contributed by atoms with E-state index in [9.17, 15) is 13.2 Å². The number of amidine groups is 1. The molecule has 4 rings (SSSR count). The average Bonchev–Trinajstić information content (AvgIpc) is 2.94. The van der Waals surface area contributed by atoms with E-state index in [1.54, 1.807) is 36.4 Å². The first-order valence-corrected chi connectivity index (χ1v) is 10.6. The number of benzene rings is 2. The number of halogens is 1. The second-order valence-electron chi connectivity index (χ2n) is 5.80. The molecule has 0 spiro atoms. The molecule has 0 aliphatic carbocycles. The van der Waals surface area contributed by atoms with E-state index < -0.39 is 16.0 Å². The molecule has 0 amide bonds. The summed E-state index contributed by atoms with van der Waals surface area (Å²) in [4.78, 5) is 15.0. The normalized spacial score (nSPS) is 17.3. The zero-order valence-electron chi connectivity index (χ0n) is 13.4. The van der Waals surface area contributed by atoms with Crippen molar-refractivity contribution in [2.75, 3.05) is 17.2 Å². The summed E-state index contributed by atoms with van der Waals surface area (Å²) < 4.78 is 32.4. The van der Waals surface area contributed by atoms with E-state index in [2.05, 4.69) is 4.40 Å². The van der Waals surface area contributed by atoms with Crippen LogP contribution in [-0.4, -0.2) is 31.9 Å². The van der Waals surface area contributed by atoms with E-state index in [1.165, 1.54) is 11.8 Å². The fraction of sp³-hybridized carbons (Fsp3) is 0.176. The van der Waals surface area contributed by atoms with E-state index in [-0.39, 0.29) is 12.4 Å². The van der Waals surface area contributed by atoms with Crippen molar-refractivity contribution in [2.24, 2.45) is 4.40 Å². The van der Waals surface area contributed by atoms with E-state index in [1.807, 2.05) is 11.0 Å². The zero-order valence-corrected chi connectivity index (χ0v) is 15.8. The molecule has 2 aromatic carbocycles. The van der Waals surface area contributed by atoms with Gasteiger partial charge in [0, 0.05) is 16.5 Å². The number of carbonyl (C=O) groups is 1. The standard InChI is InChI=1S/C17H13ClN2O4S2/c18-13-3-1-2-11(8-13)10-24-16(21)12-4-5-14-15(9-12)25-17-19-26(22,23)7-6-20(14)17/h1-5,8-9H,6-7,10H2. The van der Waals surface area contributed by atoms with Gasteiger partial charge >= 0.3 is 5.97 Å². The van der Waals surface area contributed by atoms with Gasteiger partial charge in [0.2, 0.25) is 0 Å². The predicted molar refractivity (Wildman–Crippen MR) is 101 cm³/mol. The van der Waals surface area contributed by atoms with Crippen molar-refractivity contribution in [3.05, 3.63) is 58.6 Å². The molecule has 0 radical (unpaired) electrons. The van der Waals surface area contributed by atoms with Gasteiger partial charge in [0.25, 0.3) is 10.0 Å². The van der Waals surface area contributed by atoms with Crippen LogP contribution in [0.3, 0.4) is 0 Å². The van der Waals surface area contributed by atoms with Gasteiger partial charge in [-0.15, -0.1) is 4.40 Å². The van der Waals surface area contributed by atoms with Crippen LogP contribution in [0, 0.1) is 0 Å². The Morgan fingerprint density at radius 1 is 1.27 bits per heavy atom. The summed E-state index contributed by atoms with van der Waals surface area (Å²) in [6.07, 6.45) is 0. The average molecular weight is 409 g/mol. The van der Waals surface area contributed by atoms with Crippen molar-refractivity contribution in [3.8, 4) is 0 Å². The summed E-state index contributed by atoms with van der Waals surface area (Å²) in [6.45, 7) is 0.487. The molecule has 0 atom stereocenters. The lowest BCUT2D eigenvalue weighted by Gasteiger charge is -2.22. The lowest BCUT2D eigenvalue weighted by molar-refractivity contribution is 0.0472. The van der Waals surface area contributed by atoms with E-state index >= 15 is 0 Å². The molecule has 0 saturated heterocycles. The third-order valence-corrected chi connectivity index (χ3v) is 6.51. The Bertz CT molecular complexity index is 1040. The molecule has 0 bridgehead atoms. The van der Waals surface area contributed by atoms with Gasteiger partial charge in [0.15, 0.2) is 5.17 Å². The number of thioether (sulfide) groups is 1. The van der Waals surface area contributed by atoms with Gasteiger partial charge in [-0.3, -0.25) is 0 Å². The highest BCUT2D eigenvalue weighted by Gasteiger charge is 2.33. The van der Waals surface area contributed by atoms with Crippen LogP contribution in [0.2, 0.25) is 5.02 Å². The molecule has 2 aliphatic heterocycles. The van der Waals surface area contributed by atoms with Gasteiger partial charge in [-0.05, 0) is 47.7 Å². The van der Waals surface area contributed by atoms with Gasteiger partial charge in [-0.2, -0.15) is 0 Å². The molecule has 0 fully saturated rings. The number of carbonyl (C=O) groups excluding carboxylic acids is 1. The monoisotopic (exact) mass is 408 g/mol. The summed E-state index contributed by atoms with van der Waals surface area (Å²) in [6, 6.07) is 12.3. The fourth-order valence-corrected chi connectivity index (χ4v) is 5.23. The van der Waals surface area contributed by atoms with Crippen molar-refractivity contribution in [3.63, 3.8) is 0 Å². The van der Waals surface area contributed by atoms with E-state index in [0.29, 0.717) is 22.3 Å². The van der Waals surface area contributed by atoms with Crippen molar-refractivity contribution >= 4 is 50.2 Å². The number of hydrogen-bond donors (Lipinski definition) is 0. The lowest BCUT2D eigenvalue weighted by atomic mass is 10.2. The Hall–Kier alpha value is -2.03. The maximum atomic E-state index is 12.3. The van der Waals surface area contributed by atoms with Crippen LogP contribution in [0.5, 0.6) is 0 Å². The van der Waals surface area contributed by atoms with E-state index in [4.69, 9.17) is 16.3 Å². The molecule has 0 saturated carbocycles. The second kappa shape index (κ2) is 6.61. The first-order chi connectivity index (χ1) is 12.4. The Kier molecular flexibility index (Phi) is 4.42. The fourth-order valence-electron chi connectivity index (χ4n) is 2.72. The molecule has 0 aromatic heterocycles. The zero-order chi connectivity index (χ0) is 18.3. The van der Waals surface area contributed by atoms with Crippen molar-refractivity contribution in [2.45, 2.75) is 11.5 Å². The summed E-state index contributed by atoms with van der Waals surface area (Å²) >= 11 is 7.16. The van der Waals surface area contributed by atoms with Crippen molar-refractivity contribution < 1.29 is 17.9 Å². The summed E-state index contributed by atoms with van der Waals surface area (Å²) in [7, 11) is -3.40. The number of rotatable bonds is 3. The molecule has 6 nitrogen and oxygen atoms in total. The number of ether oxygens (including phenoxy) is 1. The Morgan fingerprint density at radius 2 is 2.12 bits per heavy atom. The molecule has 9 heteroatoms. The third kappa shape index (κ3) is 3.44. The van der Waals surface area contributed by atoms with Crippen LogP contribution < -0.4 is 4.90 Å². The molecular weight excluding hydrogens is 396 g/mol. The second-order valence-corrected chi connectivity index (χ2v) is 9.00. The smallest absolute Gasteiger partial charge is 0.338 e. The molecule has 26 heavy (non-hydrogen) atoms. The largest absolute Gasteiger partial charge is 0.457 e. The molecular formula is C17H13ClN2O4S2. The van der Waals surface area contributed by atoms with Crippen molar-refractivity contribution in [1.29, 1.82) is 0 Å². The summed E-state index contributed by atoms with van der Waals surface area (Å²) in [5.74, 6) is -0.465. The maximum absolute atomic E-state index is 12.3. The highest BCUT2D eigenvalue weighted by Crippen LogP contribution is 2.42. The molecule has 2 aromatic rings. The SMILES string of the molecule is O=C(OCc1cccc(Cl)c1)c1ccc2c(c1)SC1=NS(=O)(=O)CCN12. The number of nitrogens with zero attached hydrogens (tertiary/aromatic N) is 2. The highest BCUT2D eigenvalue weighted by atomic mass is 35.5. The maximum Gasteiger partial charge on any atom is 0.338 e. The number of hydrogen-bond acceptors (Lipinski definition) is 6. The summed E-state index contributed by atoms with van der Waals surface area (Å²) in [5, 5.41) is 1.01. The minimum atomic E-state index is -3.40. The lowest BCUT2D eigenvalue weighted by Crippen LogP contribution is -2.35. The van der Waals surface area contributed by atoms with Crippen LogP contribution in [0.4, 0.5) is 5.69 Å². The van der Waals surface area contributed by atoms with Crippen LogP contribution in [0.25, 0.3) is 0 Å². The van der Waals surface area contributed by atoms with Crippen LogP contribution in [-0.2, 0) is 21.4 Å². The predicted octanol–water partition coefficient (Wildman–Crippen LogP) is 3.31. The quantitative estimate of drug-likeness (QED) is 0.725. The number of sulfonamides is 1. The van der Waals surface area contributed by atoms with Gasteiger partial charge in [0.1, 0.15) is 6.61 Å². The first kappa shape index (κ1) is 17.4. The highest BCUT2D eigenvalue weighted by molar-refractivity contribution is 8.15. The number of anilines is 1. The van der Waals surface area contributed by atoms with Crippen molar-refractivity contribution in [1.82, 2.24) is 0 Å². The Morgan fingerprint density at radius 3 is 2.92 bits per heavy atom. The first-order valence-electron chi connectivity index (χ1n) is 7.75. The Balaban J connectivity index is 1.51. The van der Waals surface area contributed by atoms with Crippen LogP contribution in [0.1, 0.15) is 15.9 Å². The van der Waals surface area contributed by atoms with Gasteiger partial charge in [-0.1, -0.05) is 23.7 Å².